The molecule has 0 saturated heterocycles. The van der Waals surface area contributed by atoms with Gasteiger partial charge < -0.3 is 0 Å². The maximum Gasteiger partial charge on any atom is 0.256 e. The van der Waals surface area contributed by atoms with E-state index in [-0.39, 0.29) is 0 Å². The summed E-state index contributed by atoms with van der Waals surface area (Å²) in [4.78, 5) is 0. The zero-order valence-electron chi connectivity index (χ0n) is 27.5. The Morgan fingerprint density at radius 3 is 1.23 bits per heavy atom. The molecule has 2 nitrogen and oxygen atoms in total. The van der Waals surface area contributed by atoms with Crippen LogP contribution in [0.25, 0.3) is 0 Å². The van der Waals surface area contributed by atoms with Gasteiger partial charge in [0, 0.05) is 6.42 Å². The third kappa shape index (κ3) is 21.6. The molecule has 0 aliphatic carbocycles. The van der Waals surface area contributed by atoms with E-state index < -0.39 is 0 Å². The Morgan fingerprint density at radius 2 is 0.795 bits per heavy atom. The van der Waals surface area contributed by atoms with Gasteiger partial charge in [0.25, 0.3) is 5.82 Å². The Balaban J connectivity index is 2.26. The van der Waals surface area contributed by atoms with Crippen LogP contribution >= 0.6 is 0 Å². The maximum absolute atomic E-state index is 2.62. The summed E-state index contributed by atoms with van der Waals surface area (Å²) in [6.07, 6.45) is 45.9. The van der Waals surface area contributed by atoms with Gasteiger partial charge in [-0.05, 0) is 32.1 Å². The van der Waals surface area contributed by atoms with Crippen molar-refractivity contribution in [3.63, 3.8) is 0 Å². The van der Waals surface area contributed by atoms with Gasteiger partial charge in [0.1, 0.15) is 12.4 Å². The standard InChI is InChI=1S/C37H73N2/c1-4-7-10-13-16-17-18-19-20-21-22-23-26-29-32-37-38(33-30-27-24-14-11-8-5-2)35-36-39(37)34-31-28-25-15-12-9-6-3/h35-36H,4-34H2,1-3H3/q+1. The quantitative estimate of drug-likeness (QED) is 0.0648. The van der Waals surface area contributed by atoms with Crippen molar-refractivity contribution in [1.82, 2.24) is 4.57 Å². The molecule has 0 saturated carbocycles. The normalized spacial score (nSPS) is 11.6. The van der Waals surface area contributed by atoms with Crippen LogP contribution in [0, 0.1) is 0 Å². The molecular weight excluding hydrogens is 472 g/mol. The molecule has 39 heavy (non-hydrogen) atoms. The largest absolute Gasteiger partial charge is 0.256 e. The first-order chi connectivity index (χ1) is 19.3. The lowest BCUT2D eigenvalue weighted by Crippen LogP contribution is -2.37. The predicted molar refractivity (Wildman–Crippen MR) is 175 cm³/mol. The molecule has 230 valence electrons. The number of aromatic nitrogens is 2. The smallest absolute Gasteiger partial charge is 0.234 e. The first kappa shape index (κ1) is 36.2. The van der Waals surface area contributed by atoms with Crippen molar-refractivity contribution < 1.29 is 4.57 Å². The molecule has 0 atom stereocenters. The number of aryl methyl sites for hydroxylation is 2. The van der Waals surface area contributed by atoms with E-state index >= 15 is 0 Å². The van der Waals surface area contributed by atoms with Gasteiger partial charge in [-0.2, -0.15) is 0 Å². The van der Waals surface area contributed by atoms with Gasteiger partial charge in [-0.3, -0.25) is 0 Å². The summed E-state index contributed by atoms with van der Waals surface area (Å²) in [5, 5.41) is 0. The molecule has 0 spiro atoms. The predicted octanol–water partition coefficient (Wildman–Crippen LogP) is 12.3. The highest BCUT2D eigenvalue weighted by atomic mass is 15.1. The van der Waals surface area contributed by atoms with Crippen molar-refractivity contribution in [2.75, 3.05) is 0 Å². The number of rotatable bonds is 31. The zero-order valence-corrected chi connectivity index (χ0v) is 27.5. The summed E-state index contributed by atoms with van der Waals surface area (Å²) in [5.74, 6) is 1.62. The second kappa shape index (κ2) is 28.7. The molecule has 0 N–H and O–H groups in total. The highest BCUT2D eigenvalue weighted by molar-refractivity contribution is 4.84. The summed E-state index contributed by atoms with van der Waals surface area (Å²) in [7, 11) is 0. The topological polar surface area (TPSA) is 8.81 Å². The first-order valence-corrected chi connectivity index (χ1v) is 18.4. The van der Waals surface area contributed by atoms with Crippen LogP contribution in [0.3, 0.4) is 0 Å². The fraction of sp³-hybridized carbons (Fsp3) is 0.919. The molecule has 0 aliphatic rings. The fourth-order valence-corrected chi connectivity index (χ4v) is 6.15. The van der Waals surface area contributed by atoms with Gasteiger partial charge in [-0.15, -0.1) is 0 Å². The molecule has 2 heteroatoms. The molecule has 1 heterocycles. The van der Waals surface area contributed by atoms with E-state index in [1.54, 1.807) is 5.82 Å². The van der Waals surface area contributed by atoms with Crippen molar-refractivity contribution in [1.29, 1.82) is 0 Å². The minimum absolute atomic E-state index is 1.23. The SMILES string of the molecule is CCCCCCCCCCCCCCCCc1n(CCCCCCCCC)cc[n+]1CCCCCCCCC. The van der Waals surface area contributed by atoms with E-state index in [0.29, 0.717) is 0 Å². The van der Waals surface area contributed by atoms with E-state index in [1.807, 2.05) is 0 Å². The lowest BCUT2D eigenvalue weighted by Gasteiger charge is -2.07. The molecule has 0 aliphatic heterocycles. The first-order valence-electron chi connectivity index (χ1n) is 18.4. The Kier molecular flexibility index (Phi) is 26.7. The van der Waals surface area contributed by atoms with E-state index in [4.69, 9.17) is 0 Å². The van der Waals surface area contributed by atoms with E-state index in [0.717, 1.165) is 0 Å². The molecule has 0 unspecified atom stereocenters. The lowest BCUT2D eigenvalue weighted by atomic mass is 10.0. The molecule has 0 amide bonds. The van der Waals surface area contributed by atoms with Crippen LogP contribution in [0.15, 0.2) is 12.4 Å². The number of imidazole rings is 1. The second-order valence-electron chi connectivity index (χ2n) is 12.7. The van der Waals surface area contributed by atoms with Crippen LogP contribution in [0.1, 0.15) is 206 Å². The molecule has 1 aromatic heterocycles. The van der Waals surface area contributed by atoms with Crippen LogP contribution in [0.4, 0.5) is 0 Å². The maximum atomic E-state index is 2.62. The highest BCUT2D eigenvalue weighted by Gasteiger charge is 2.16. The van der Waals surface area contributed by atoms with Gasteiger partial charge >= 0.3 is 0 Å². The minimum Gasteiger partial charge on any atom is -0.234 e. The molecular formula is C37H73N2+. The Labute approximate surface area is 247 Å². The Morgan fingerprint density at radius 1 is 0.436 bits per heavy atom. The van der Waals surface area contributed by atoms with Gasteiger partial charge in [0.2, 0.25) is 0 Å². The summed E-state index contributed by atoms with van der Waals surface area (Å²) in [5.41, 5.74) is 0. The van der Waals surface area contributed by atoms with Crippen LogP contribution in [0.5, 0.6) is 0 Å². The third-order valence-electron chi connectivity index (χ3n) is 8.85. The molecule has 0 aromatic carbocycles. The number of hydrogen-bond acceptors (Lipinski definition) is 0. The summed E-state index contributed by atoms with van der Waals surface area (Å²) in [6.45, 7) is 9.39. The third-order valence-corrected chi connectivity index (χ3v) is 8.85. The highest BCUT2D eigenvalue weighted by Crippen LogP contribution is 2.15. The lowest BCUT2D eigenvalue weighted by molar-refractivity contribution is -0.704. The molecule has 0 bridgehead atoms. The van der Waals surface area contributed by atoms with Crippen molar-refractivity contribution >= 4 is 0 Å². The van der Waals surface area contributed by atoms with Crippen molar-refractivity contribution in [3.8, 4) is 0 Å². The monoisotopic (exact) mass is 546 g/mol. The van der Waals surface area contributed by atoms with Gasteiger partial charge in [0.15, 0.2) is 0 Å². The van der Waals surface area contributed by atoms with E-state index in [9.17, 15) is 0 Å². The van der Waals surface area contributed by atoms with Gasteiger partial charge in [-0.25, -0.2) is 9.13 Å². The zero-order chi connectivity index (χ0) is 28.1. The number of hydrogen-bond donors (Lipinski definition) is 0. The van der Waals surface area contributed by atoms with Crippen LogP contribution in [-0.2, 0) is 19.5 Å². The summed E-state index contributed by atoms with van der Waals surface area (Å²) >= 11 is 0. The van der Waals surface area contributed by atoms with Crippen LogP contribution in [0.2, 0.25) is 0 Å². The van der Waals surface area contributed by atoms with Crippen LogP contribution < -0.4 is 4.57 Å². The molecule has 0 radical (unpaired) electrons. The minimum atomic E-state index is 1.23. The van der Waals surface area contributed by atoms with Crippen molar-refractivity contribution in [3.05, 3.63) is 18.2 Å². The Bertz CT molecular complexity index is 569. The van der Waals surface area contributed by atoms with E-state index in [1.165, 1.54) is 199 Å². The van der Waals surface area contributed by atoms with E-state index in [2.05, 4.69) is 42.3 Å². The van der Waals surface area contributed by atoms with Crippen LogP contribution in [-0.4, -0.2) is 4.57 Å². The number of nitrogens with zero attached hydrogens (tertiary/aromatic N) is 2. The van der Waals surface area contributed by atoms with Gasteiger partial charge in [0.05, 0.1) is 13.1 Å². The average molecular weight is 546 g/mol. The number of unbranched alkanes of at least 4 members (excludes halogenated alkanes) is 25. The molecule has 1 aromatic rings. The fourth-order valence-electron chi connectivity index (χ4n) is 6.15. The molecule has 1 rings (SSSR count). The average Bonchev–Trinajstić information content (AvgIpc) is 3.33. The van der Waals surface area contributed by atoms with Crippen molar-refractivity contribution in [2.24, 2.45) is 0 Å². The second-order valence-corrected chi connectivity index (χ2v) is 12.7. The molecule has 0 fully saturated rings. The summed E-state index contributed by atoms with van der Waals surface area (Å²) < 4.78 is 5.24. The summed E-state index contributed by atoms with van der Waals surface area (Å²) in [6, 6.07) is 0. The van der Waals surface area contributed by atoms with Crippen molar-refractivity contribution in [2.45, 2.75) is 220 Å². The Hall–Kier alpha value is -0.790. The van der Waals surface area contributed by atoms with Gasteiger partial charge in [-0.1, -0.05) is 168 Å².